The lowest BCUT2D eigenvalue weighted by atomic mass is 9.55. The maximum Gasteiger partial charge on any atom is 0.280 e. The second-order valence-electron chi connectivity index (χ2n) is 10.9. The van der Waals surface area contributed by atoms with E-state index in [0.717, 1.165) is 25.2 Å². The van der Waals surface area contributed by atoms with E-state index in [9.17, 15) is 25.1 Å². The molecular weight excluding hydrogens is 466 g/mol. The number of hydrogen-bond acceptors (Lipinski definition) is 5. The van der Waals surface area contributed by atoms with Gasteiger partial charge < -0.3 is 10.2 Å². The van der Waals surface area contributed by atoms with E-state index in [4.69, 9.17) is 0 Å². The molecule has 2 N–H and O–H groups in total. The Kier molecular flexibility index (Phi) is 6.86. The molecule has 1 unspecified atom stereocenters. The summed E-state index contributed by atoms with van der Waals surface area (Å²) in [5.41, 5.74) is 3.39. The Morgan fingerprint density at radius 3 is 2.46 bits per heavy atom. The molecule has 0 amide bonds. The van der Waals surface area contributed by atoms with Gasteiger partial charge in [0.15, 0.2) is 5.78 Å². The lowest BCUT2D eigenvalue weighted by molar-refractivity contribution is -0.385. The van der Waals surface area contributed by atoms with Crippen LogP contribution in [0.15, 0.2) is 72.8 Å². The van der Waals surface area contributed by atoms with Gasteiger partial charge in [-0.15, -0.1) is 0 Å². The van der Waals surface area contributed by atoms with Gasteiger partial charge in [-0.2, -0.15) is 0 Å². The van der Waals surface area contributed by atoms with Crippen LogP contribution in [-0.2, 0) is 6.42 Å². The number of fused-ring (bicyclic) bond motifs is 5. The fourth-order valence-electron chi connectivity index (χ4n) is 7.11. The van der Waals surface area contributed by atoms with Gasteiger partial charge in [0, 0.05) is 11.6 Å². The maximum absolute atomic E-state index is 12.1. The molecule has 6 rings (SSSR count). The van der Waals surface area contributed by atoms with E-state index in [1.54, 1.807) is 42.5 Å². The summed E-state index contributed by atoms with van der Waals surface area (Å²) >= 11 is 0. The Bertz CT molecular complexity index is 1310. The highest BCUT2D eigenvalue weighted by Gasteiger charge is 2.54. The molecule has 192 valence electrons. The van der Waals surface area contributed by atoms with E-state index in [-0.39, 0.29) is 28.6 Å². The third kappa shape index (κ3) is 4.66. The van der Waals surface area contributed by atoms with E-state index in [1.165, 1.54) is 42.5 Å². The summed E-state index contributed by atoms with van der Waals surface area (Å²) in [5.74, 6) is 2.15. The third-order valence-electron chi connectivity index (χ3n) is 9.04. The molecule has 0 aliphatic heterocycles. The zero-order valence-electron chi connectivity index (χ0n) is 21.0. The molecule has 0 aromatic heterocycles. The van der Waals surface area contributed by atoms with E-state index < -0.39 is 4.92 Å². The summed E-state index contributed by atoms with van der Waals surface area (Å²) in [6.07, 6.45) is 6.78. The van der Waals surface area contributed by atoms with Gasteiger partial charge in [-0.25, -0.2) is 0 Å². The molecule has 3 aromatic carbocycles. The SMILES string of the molecule is C[C@]12CC[C@@H]3c4ccc(O)cc4CC[C@H]3[C@@H]1CCC2O.O=C(c1ccccc1)c1ccccc1[N+](=O)[O-]. The van der Waals surface area contributed by atoms with Crippen molar-refractivity contribution < 1.29 is 19.9 Å². The van der Waals surface area contributed by atoms with Gasteiger partial charge in [-0.1, -0.05) is 55.5 Å². The van der Waals surface area contributed by atoms with Crippen LogP contribution in [0, 0.1) is 27.4 Å². The number of phenolic OH excluding ortho intramolecular Hbond substituents is 1. The van der Waals surface area contributed by atoms with Gasteiger partial charge in [0.05, 0.1) is 11.0 Å². The lowest BCUT2D eigenvalue weighted by Crippen LogP contribution is -2.43. The van der Waals surface area contributed by atoms with Crippen LogP contribution in [0.25, 0.3) is 0 Å². The van der Waals surface area contributed by atoms with Crippen LogP contribution in [0.4, 0.5) is 5.69 Å². The number of para-hydroxylation sites is 1. The van der Waals surface area contributed by atoms with Crippen molar-refractivity contribution in [2.45, 2.75) is 57.5 Å². The fraction of sp³-hybridized carbons (Fsp3) is 0.387. The Morgan fingerprint density at radius 1 is 0.973 bits per heavy atom. The van der Waals surface area contributed by atoms with Gasteiger partial charge in [0.2, 0.25) is 0 Å². The quantitative estimate of drug-likeness (QED) is 0.245. The second kappa shape index (κ2) is 10.1. The Morgan fingerprint density at radius 2 is 1.70 bits per heavy atom. The van der Waals surface area contributed by atoms with Crippen LogP contribution in [0.2, 0.25) is 0 Å². The topological polar surface area (TPSA) is 101 Å². The number of aliphatic hydroxyl groups is 1. The summed E-state index contributed by atoms with van der Waals surface area (Å²) < 4.78 is 0. The predicted molar refractivity (Wildman–Crippen MR) is 142 cm³/mol. The number of carbonyl (C=O) groups excluding carboxylic acids is 1. The number of nitrogens with zero attached hydrogens (tertiary/aromatic N) is 1. The first-order valence-corrected chi connectivity index (χ1v) is 13.1. The summed E-state index contributed by atoms with van der Waals surface area (Å²) in [4.78, 5) is 22.3. The van der Waals surface area contributed by atoms with Crippen molar-refractivity contribution in [3.8, 4) is 5.75 Å². The summed E-state index contributed by atoms with van der Waals surface area (Å²) in [6, 6.07) is 20.4. The van der Waals surface area contributed by atoms with E-state index in [0.29, 0.717) is 23.1 Å². The van der Waals surface area contributed by atoms with Crippen molar-refractivity contribution >= 4 is 11.5 Å². The van der Waals surface area contributed by atoms with E-state index >= 15 is 0 Å². The van der Waals surface area contributed by atoms with Crippen LogP contribution in [0.3, 0.4) is 0 Å². The molecule has 0 saturated heterocycles. The minimum absolute atomic E-state index is 0.0883. The molecular formula is C31H33NO5. The Labute approximate surface area is 217 Å². The number of aryl methyl sites for hydroxylation is 1. The summed E-state index contributed by atoms with van der Waals surface area (Å²) in [7, 11) is 0. The molecule has 0 bridgehead atoms. The first-order valence-electron chi connectivity index (χ1n) is 13.1. The molecule has 3 aliphatic carbocycles. The number of carbonyl (C=O) groups is 1. The number of aromatic hydroxyl groups is 1. The zero-order valence-corrected chi connectivity index (χ0v) is 21.0. The maximum atomic E-state index is 12.1. The monoisotopic (exact) mass is 499 g/mol. The molecule has 2 saturated carbocycles. The number of nitro benzene ring substituents is 1. The normalized spacial score (nSPS) is 27.6. The van der Waals surface area contributed by atoms with Crippen molar-refractivity contribution in [2.75, 3.05) is 0 Å². The molecule has 5 atom stereocenters. The Hall–Kier alpha value is -3.51. The predicted octanol–water partition coefficient (Wildman–Crippen LogP) is 6.44. The summed E-state index contributed by atoms with van der Waals surface area (Å²) in [5, 5.41) is 30.9. The largest absolute Gasteiger partial charge is 0.508 e. The molecule has 6 nitrogen and oxygen atoms in total. The number of hydrogen-bond donors (Lipinski definition) is 2. The minimum Gasteiger partial charge on any atom is -0.508 e. The Balaban J connectivity index is 0.000000154. The smallest absolute Gasteiger partial charge is 0.280 e. The van der Waals surface area contributed by atoms with Gasteiger partial charge in [-0.05, 0) is 91.0 Å². The molecule has 37 heavy (non-hydrogen) atoms. The first kappa shape index (κ1) is 25.2. The average molecular weight is 500 g/mol. The van der Waals surface area contributed by atoms with Crippen LogP contribution >= 0.6 is 0 Å². The highest BCUT2D eigenvalue weighted by atomic mass is 16.6. The van der Waals surface area contributed by atoms with Crippen molar-refractivity contribution in [2.24, 2.45) is 17.3 Å². The number of ketones is 1. The summed E-state index contributed by atoms with van der Waals surface area (Å²) in [6.45, 7) is 2.32. The molecule has 2 fully saturated rings. The molecule has 3 aliphatic rings. The second-order valence-corrected chi connectivity index (χ2v) is 10.9. The van der Waals surface area contributed by atoms with Gasteiger partial charge in [0.25, 0.3) is 5.69 Å². The van der Waals surface area contributed by atoms with E-state index in [2.05, 4.69) is 13.0 Å². The molecule has 0 heterocycles. The lowest BCUT2D eigenvalue weighted by Gasteiger charge is -2.50. The molecule has 3 aromatic rings. The average Bonchev–Trinajstić information content (AvgIpc) is 3.23. The standard InChI is InChI=1S/C18H24O2.C13H9NO3/c1-18-9-8-14-13-5-3-12(19)10-11(13)2-4-15(14)16(18)6-7-17(18)20;15-13(10-6-2-1-3-7-10)11-8-4-5-9-12(11)14(16)17/h3,5,10,14-17,19-20H,2,4,6-9H2,1H3;1-9H/t14-,15-,16+,17?,18+;/m1./s1. The van der Waals surface area contributed by atoms with Gasteiger partial charge >= 0.3 is 0 Å². The number of nitro groups is 1. The number of rotatable bonds is 3. The van der Waals surface area contributed by atoms with Crippen LogP contribution in [0.5, 0.6) is 5.75 Å². The minimum atomic E-state index is -0.545. The van der Waals surface area contributed by atoms with Crippen molar-refractivity contribution in [3.05, 3.63) is 105 Å². The van der Waals surface area contributed by atoms with Crippen LogP contribution in [-0.4, -0.2) is 27.0 Å². The number of aliphatic hydroxyl groups excluding tert-OH is 1. The third-order valence-corrected chi connectivity index (χ3v) is 9.04. The van der Waals surface area contributed by atoms with Gasteiger partial charge in [-0.3, -0.25) is 14.9 Å². The number of benzene rings is 3. The fourth-order valence-corrected chi connectivity index (χ4v) is 7.11. The number of phenols is 1. The molecule has 0 radical (unpaired) electrons. The molecule has 6 heteroatoms. The highest BCUT2D eigenvalue weighted by Crippen LogP contribution is 2.60. The van der Waals surface area contributed by atoms with Crippen LogP contribution in [0.1, 0.15) is 72.0 Å². The van der Waals surface area contributed by atoms with Crippen molar-refractivity contribution in [3.63, 3.8) is 0 Å². The van der Waals surface area contributed by atoms with E-state index in [1.807, 2.05) is 12.1 Å². The zero-order chi connectivity index (χ0) is 26.2. The van der Waals surface area contributed by atoms with Crippen molar-refractivity contribution in [1.29, 1.82) is 0 Å². The highest BCUT2D eigenvalue weighted by molar-refractivity contribution is 6.11. The van der Waals surface area contributed by atoms with Gasteiger partial charge in [0.1, 0.15) is 11.3 Å². The molecule has 0 spiro atoms. The first-order chi connectivity index (χ1) is 17.8. The van der Waals surface area contributed by atoms with Crippen LogP contribution < -0.4 is 0 Å². The van der Waals surface area contributed by atoms with Crippen molar-refractivity contribution in [1.82, 2.24) is 0 Å².